The van der Waals surface area contributed by atoms with Gasteiger partial charge in [-0.15, -0.1) is 0 Å². The average molecular weight is 553 g/mol. The fraction of sp³-hybridized carbons (Fsp3) is 0.444. The van der Waals surface area contributed by atoms with E-state index in [1.807, 2.05) is 6.07 Å². The van der Waals surface area contributed by atoms with Crippen molar-refractivity contribution in [1.82, 2.24) is 9.80 Å². The van der Waals surface area contributed by atoms with Crippen molar-refractivity contribution >= 4 is 23.6 Å². The number of halogens is 4. The van der Waals surface area contributed by atoms with Gasteiger partial charge in [0.25, 0.3) is 0 Å². The second-order valence-corrected chi connectivity index (χ2v) is 9.40. The Morgan fingerprint density at radius 3 is 2.13 bits per heavy atom. The summed E-state index contributed by atoms with van der Waals surface area (Å²) in [6.07, 6.45) is 1.53. The van der Waals surface area contributed by atoms with E-state index in [2.05, 4.69) is 15.1 Å². The number of guanidine groups is 1. The number of nitrogens with one attached hydrogen (secondary N) is 1. The molecule has 212 valence electrons. The van der Waals surface area contributed by atoms with Crippen LogP contribution in [0.25, 0.3) is 0 Å². The molecular weight excluding hydrogens is 520 g/mol. The lowest BCUT2D eigenvalue weighted by atomic mass is 9.94. The third-order valence-corrected chi connectivity index (χ3v) is 6.64. The molecule has 0 atom stereocenters. The van der Waals surface area contributed by atoms with Gasteiger partial charge in [-0.3, -0.25) is 4.90 Å². The minimum absolute atomic E-state index is 0.231. The van der Waals surface area contributed by atoms with Gasteiger partial charge in [0.1, 0.15) is 5.82 Å². The molecule has 0 radical (unpaired) electrons. The maximum absolute atomic E-state index is 13.2. The Morgan fingerprint density at radius 2 is 1.56 bits per heavy atom. The summed E-state index contributed by atoms with van der Waals surface area (Å²) >= 11 is 0. The number of carboxylic acid groups (broad SMARTS) is 2. The summed E-state index contributed by atoms with van der Waals surface area (Å²) in [7, 11) is 0. The fourth-order valence-corrected chi connectivity index (χ4v) is 4.58. The first kappa shape index (κ1) is 29.9. The lowest BCUT2D eigenvalue weighted by molar-refractivity contribution is -0.192. The van der Waals surface area contributed by atoms with Crippen LogP contribution in [0.2, 0.25) is 0 Å². The summed E-state index contributed by atoms with van der Waals surface area (Å²) in [6, 6.07) is 13.8. The van der Waals surface area contributed by atoms with Crippen molar-refractivity contribution in [2.24, 2.45) is 4.99 Å². The topological polar surface area (TPSA) is 105 Å². The molecule has 0 aromatic heterocycles. The number of aliphatic imine (C=N–C) groups is 1. The van der Waals surface area contributed by atoms with Crippen molar-refractivity contribution in [3.63, 3.8) is 0 Å². The molecule has 39 heavy (non-hydrogen) atoms. The van der Waals surface area contributed by atoms with Crippen LogP contribution in [0.15, 0.2) is 53.5 Å². The first-order chi connectivity index (χ1) is 18.5. The summed E-state index contributed by atoms with van der Waals surface area (Å²) in [5.41, 5.74) is 1.85. The van der Waals surface area contributed by atoms with Gasteiger partial charge in [0.15, 0.2) is 5.96 Å². The van der Waals surface area contributed by atoms with Crippen LogP contribution in [-0.4, -0.2) is 76.3 Å². The smallest absolute Gasteiger partial charge is 0.478 e. The summed E-state index contributed by atoms with van der Waals surface area (Å²) in [6.45, 7) is 4.15. The van der Waals surface area contributed by atoms with Crippen molar-refractivity contribution in [2.45, 2.75) is 50.9 Å². The van der Waals surface area contributed by atoms with Gasteiger partial charge < -0.3 is 20.4 Å². The van der Waals surface area contributed by atoms with Crippen LogP contribution in [0, 0.1) is 5.82 Å². The summed E-state index contributed by atoms with van der Waals surface area (Å²) in [5, 5.41) is 19.8. The molecule has 0 amide bonds. The van der Waals surface area contributed by atoms with Crippen LogP contribution in [0.3, 0.4) is 0 Å². The molecule has 12 heteroatoms. The van der Waals surface area contributed by atoms with Crippen molar-refractivity contribution in [1.29, 1.82) is 0 Å². The molecule has 8 nitrogen and oxygen atoms in total. The van der Waals surface area contributed by atoms with E-state index in [1.165, 1.54) is 44.2 Å². The number of aromatic carboxylic acids is 1. The third-order valence-electron chi connectivity index (χ3n) is 6.64. The Bertz CT molecular complexity index is 1130. The number of anilines is 1. The highest BCUT2D eigenvalue weighted by Crippen LogP contribution is 2.24. The van der Waals surface area contributed by atoms with Gasteiger partial charge in [-0.05, 0) is 48.7 Å². The monoisotopic (exact) mass is 552 g/mol. The predicted octanol–water partition coefficient (Wildman–Crippen LogP) is 5.08. The van der Waals surface area contributed by atoms with E-state index in [-0.39, 0.29) is 11.4 Å². The Morgan fingerprint density at radius 1 is 0.949 bits per heavy atom. The lowest BCUT2D eigenvalue weighted by Crippen LogP contribution is -2.53. The van der Waals surface area contributed by atoms with E-state index < -0.39 is 18.1 Å². The zero-order chi connectivity index (χ0) is 28.4. The molecule has 0 spiro atoms. The van der Waals surface area contributed by atoms with E-state index >= 15 is 0 Å². The zero-order valence-electron chi connectivity index (χ0n) is 21.3. The predicted molar refractivity (Wildman–Crippen MR) is 138 cm³/mol. The van der Waals surface area contributed by atoms with Gasteiger partial charge in [-0.1, -0.05) is 37.5 Å². The summed E-state index contributed by atoms with van der Waals surface area (Å²) in [5.74, 6) is -3.26. The highest BCUT2D eigenvalue weighted by Gasteiger charge is 2.38. The Balaban J connectivity index is 0.000000532. The number of hydrogen-bond acceptors (Lipinski definition) is 4. The molecule has 1 heterocycles. The van der Waals surface area contributed by atoms with Crippen molar-refractivity contribution in [3.05, 3.63) is 65.5 Å². The van der Waals surface area contributed by atoms with Crippen molar-refractivity contribution in [3.8, 4) is 0 Å². The Hall–Kier alpha value is -3.67. The van der Waals surface area contributed by atoms with Crippen LogP contribution in [0.4, 0.5) is 23.2 Å². The average Bonchev–Trinajstić information content (AvgIpc) is 2.92. The number of aliphatic carboxylic acids is 1. The van der Waals surface area contributed by atoms with Crippen molar-refractivity contribution < 1.29 is 37.4 Å². The van der Waals surface area contributed by atoms with Gasteiger partial charge in [-0.2, -0.15) is 13.2 Å². The minimum atomic E-state index is -5.08. The molecule has 2 aromatic carbocycles. The highest BCUT2D eigenvalue weighted by atomic mass is 19.4. The molecule has 4 rings (SSSR count). The molecule has 1 saturated carbocycles. The quantitative estimate of drug-likeness (QED) is 0.270. The second kappa shape index (κ2) is 13.9. The number of nitrogens with zero attached hydrogens (tertiary/aromatic N) is 3. The molecular formula is C27H32F4N4O4. The normalized spacial score (nSPS) is 17.2. The number of benzene rings is 2. The Labute approximate surface area is 223 Å². The van der Waals surface area contributed by atoms with Crippen LogP contribution >= 0.6 is 0 Å². The standard InChI is InChI=1S/C25H31FN4O2.C2HF3O2/c26-21-11-9-19(10-12-21)18-27-25(28-22-6-4-5-20(17-22)24(31)32)30-15-13-29(14-16-30)23-7-2-1-3-8-23;3-2(4,5)1(6)7/h4-6,9-12,17,23H,1-3,7-8,13-16,18H2,(H,27,28)(H,31,32);(H,6,7). The van der Waals surface area contributed by atoms with Gasteiger partial charge in [0, 0.05) is 37.9 Å². The van der Waals surface area contributed by atoms with Crippen LogP contribution in [-0.2, 0) is 11.3 Å². The minimum Gasteiger partial charge on any atom is -0.478 e. The number of carboxylic acids is 2. The molecule has 0 bridgehead atoms. The van der Waals surface area contributed by atoms with E-state index in [9.17, 15) is 27.5 Å². The van der Waals surface area contributed by atoms with Gasteiger partial charge in [0.05, 0.1) is 12.1 Å². The van der Waals surface area contributed by atoms with Gasteiger partial charge >= 0.3 is 18.1 Å². The first-order valence-electron chi connectivity index (χ1n) is 12.7. The molecule has 1 aliphatic carbocycles. The summed E-state index contributed by atoms with van der Waals surface area (Å²) in [4.78, 5) is 29.9. The lowest BCUT2D eigenvalue weighted by Gasteiger charge is -2.41. The molecule has 1 saturated heterocycles. The molecule has 2 fully saturated rings. The first-order valence-corrected chi connectivity index (χ1v) is 12.7. The van der Waals surface area contributed by atoms with Gasteiger partial charge in [-0.25, -0.2) is 19.0 Å². The second-order valence-electron chi connectivity index (χ2n) is 9.40. The maximum atomic E-state index is 13.2. The fourth-order valence-electron chi connectivity index (χ4n) is 4.58. The van der Waals surface area contributed by atoms with Crippen LogP contribution < -0.4 is 5.32 Å². The molecule has 0 unspecified atom stereocenters. The highest BCUT2D eigenvalue weighted by molar-refractivity contribution is 5.95. The molecule has 2 aliphatic rings. The Kier molecular flexibility index (Phi) is 10.7. The number of piperazine rings is 1. The third kappa shape index (κ3) is 9.54. The number of alkyl halides is 3. The summed E-state index contributed by atoms with van der Waals surface area (Å²) < 4.78 is 45.0. The van der Waals surface area contributed by atoms with E-state index in [4.69, 9.17) is 14.9 Å². The molecule has 1 aliphatic heterocycles. The van der Waals surface area contributed by atoms with Crippen LogP contribution in [0.5, 0.6) is 0 Å². The van der Waals surface area contributed by atoms with E-state index in [1.54, 1.807) is 30.3 Å². The maximum Gasteiger partial charge on any atom is 0.490 e. The molecule has 3 N–H and O–H groups in total. The SMILES string of the molecule is O=C(O)C(F)(F)F.O=C(O)c1cccc(NC(=NCc2ccc(F)cc2)N2CCN(C3CCCCC3)CC2)c1. The molecule has 2 aromatic rings. The van der Waals surface area contributed by atoms with E-state index in [0.29, 0.717) is 18.3 Å². The van der Waals surface area contributed by atoms with Crippen molar-refractivity contribution in [2.75, 3.05) is 31.5 Å². The van der Waals surface area contributed by atoms with Gasteiger partial charge in [0.2, 0.25) is 0 Å². The number of hydrogen-bond donors (Lipinski definition) is 3. The zero-order valence-corrected chi connectivity index (χ0v) is 21.3. The van der Waals surface area contributed by atoms with Crippen LogP contribution in [0.1, 0.15) is 48.0 Å². The van der Waals surface area contributed by atoms with E-state index in [0.717, 1.165) is 37.7 Å². The number of carbonyl (C=O) groups is 2. The largest absolute Gasteiger partial charge is 0.490 e. The number of rotatable bonds is 5.